The summed E-state index contributed by atoms with van der Waals surface area (Å²) in [5, 5.41) is 14.9. The number of ether oxygens (including phenoxy) is 1. The van der Waals surface area contributed by atoms with E-state index in [9.17, 15) is 5.11 Å². The van der Waals surface area contributed by atoms with Crippen LogP contribution in [0.5, 0.6) is 5.75 Å². The molecule has 0 aliphatic rings. The second-order valence-corrected chi connectivity index (χ2v) is 5.17. The fraction of sp³-hybridized carbons (Fsp3) is 0.235. The Kier molecular flexibility index (Phi) is 3.88. The summed E-state index contributed by atoms with van der Waals surface area (Å²) in [6.07, 6.45) is 1.38. The maximum absolute atomic E-state index is 9.51. The number of hydrogen-bond acceptors (Lipinski definition) is 3. The molecule has 3 rings (SSSR count). The predicted octanol–water partition coefficient (Wildman–Crippen LogP) is 3.00. The van der Waals surface area contributed by atoms with Gasteiger partial charge in [-0.2, -0.15) is 5.10 Å². The summed E-state index contributed by atoms with van der Waals surface area (Å²) in [4.78, 5) is 0. The molecule has 2 aromatic carbocycles. The number of fused-ring (bicyclic) bond motifs is 1. The van der Waals surface area contributed by atoms with Gasteiger partial charge < -0.3 is 9.84 Å². The van der Waals surface area contributed by atoms with Crippen molar-refractivity contribution in [2.24, 2.45) is 0 Å². The van der Waals surface area contributed by atoms with Crippen LogP contribution >= 0.6 is 0 Å². The Morgan fingerprint density at radius 3 is 2.76 bits per heavy atom. The molecule has 0 fully saturated rings. The average Bonchev–Trinajstić information content (AvgIpc) is 2.88. The first-order valence-corrected chi connectivity index (χ1v) is 7.03. The van der Waals surface area contributed by atoms with Gasteiger partial charge >= 0.3 is 0 Å². The smallest absolute Gasteiger partial charge is 0.121 e. The molecule has 0 bridgehead atoms. The highest BCUT2D eigenvalue weighted by Crippen LogP contribution is 2.21. The zero-order valence-electron chi connectivity index (χ0n) is 11.9. The minimum atomic E-state index is -0.429. The molecule has 0 unspecified atom stereocenters. The largest absolute Gasteiger partial charge is 0.489 e. The molecule has 1 aromatic heterocycles. The average molecular weight is 282 g/mol. The minimum absolute atomic E-state index is 0.429. The molecule has 1 N–H and O–H groups in total. The van der Waals surface area contributed by atoms with E-state index in [0.717, 1.165) is 22.2 Å². The second-order valence-electron chi connectivity index (χ2n) is 5.17. The van der Waals surface area contributed by atoms with Crippen molar-refractivity contribution in [2.45, 2.75) is 26.2 Å². The van der Waals surface area contributed by atoms with Crippen LogP contribution in [-0.2, 0) is 13.2 Å². The van der Waals surface area contributed by atoms with Gasteiger partial charge in [0.25, 0.3) is 0 Å². The highest BCUT2D eigenvalue weighted by molar-refractivity contribution is 5.80. The van der Waals surface area contributed by atoms with Crippen LogP contribution in [0.3, 0.4) is 0 Å². The van der Waals surface area contributed by atoms with Gasteiger partial charge in [0.15, 0.2) is 0 Å². The van der Waals surface area contributed by atoms with E-state index in [1.807, 2.05) is 48.5 Å². The molecular formula is C17H18N2O2. The van der Waals surface area contributed by atoms with Gasteiger partial charge in [-0.05, 0) is 24.6 Å². The molecule has 0 aliphatic carbocycles. The first-order chi connectivity index (χ1) is 10.2. The molecule has 0 aliphatic heterocycles. The number of hydrogen-bond donors (Lipinski definition) is 1. The topological polar surface area (TPSA) is 47.3 Å². The first-order valence-electron chi connectivity index (χ1n) is 7.03. The Morgan fingerprint density at radius 2 is 2.00 bits per heavy atom. The van der Waals surface area contributed by atoms with E-state index in [1.165, 1.54) is 0 Å². The van der Waals surface area contributed by atoms with Crippen molar-refractivity contribution in [3.8, 4) is 5.75 Å². The maximum atomic E-state index is 9.51. The van der Waals surface area contributed by atoms with Crippen molar-refractivity contribution in [3.63, 3.8) is 0 Å². The van der Waals surface area contributed by atoms with Crippen molar-refractivity contribution in [1.29, 1.82) is 0 Å². The molecular weight excluding hydrogens is 264 g/mol. The summed E-state index contributed by atoms with van der Waals surface area (Å²) in [6, 6.07) is 16.0. The van der Waals surface area contributed by atoms with Gasteiger partial charge in [-0.15, -0.1) is 0 Å². The van der Waals surface area contributed by atoms with Crippen LogP contribution in [0.2, 0.25) is 0 Å². The van der Waals surface area contributed by atoms with Gasteiger partial charge in [-0.1, -0.05) is 30.3 Å². The molecule has 21 heavy (non-hydrogen) atoms. The summed E-state index contributed by atoms with van der Waals surface area (Å²) in [5.74, 6) is 0.804. The first kappa shape index (κ1) is 13.6. The van der Waals surface area contributed by atoms with Crippen molar-refractivity contribution < 1.29 is 9.84 Å². The van der Waals surface area contributed by atoms with Crippen LogP contribution in [0.4, 0.5) is 0 Å². The van der Waals surface area contributed by atoms with Gasteiger partial charge in [0.2, 0.25) is 0 Å². The Morgan fingerprint density at radius 1 is 1.19 bits per heavy atom. The third kappa shape index (κ3) is 3.23. The van der Waals surface area contributed by atoms with Crippen LogP contribution < -0.4 is 4.74 Å². The summed E-state index contributed by atoms with van der Waals surface area (Å²) < 4.78 is 7.63. The Labute approximate surface area is 123 Å². The molecule has 3 aromatic rings. The molecule has 0 saturated heterocycles. The van der Waals surface area contributed by atoms with E-state index in [4.69, 9.17) is 4.74 Å². The van der Waals surface area contributed by atoms with Crippen LogP contribution in [-0.4, -0.2) is 21.0 Å². The zero-order valence-corrected chi connectivity index (χ0v) is 11.9. The van der Waals surface area contributed by atoms with Crippen molar-refractivity contribution in [2.75, 3.05) is 0 Å². The summed E-state index contributed by atoms with van der Waals surface area (Å²) >= 11 is 0. The Balaban J connectivity index is 1.79. The fourth-order valence-corrected chi connectivity index (χ4v) is 2.28. The Bertz CT molecular complexity index is 720. The van der Waals surface area contributed by atoms with E-state index >= 15 is 0 Å². The number of rotatable bonds is 5. The lowest BCUT2D eigenvalue weighted by Gasteiger charge is -2.09. The van der Waals surface area contributed by atoms with Crippen molar-refractivity contribution in [3.05, 3.63) is 60.3 Å². The van der Waals surface area contributed by atoms with Gasteiger partial charge in [0.1, 0.15) is 12.4 Å². The quantitative estimate of drug-likeness (QED) is 0.782. The number of benzene rings is 2. The number of nitrogens with zero attached hydrogens (tertiary/aromatic N) is 2. The fourth-order valence-electron chi connectivity index (χ4n) is 2.28. The summed E-state index contributed by atoms with van der Waals surface area (Å²) in [6.45, 7) is 2.77. The Hall–Kier alpha value is -2.33. The lowest BCUT2D eigenvalue weighted by Crippen LogP contribution is -2.12. The number of aliphatic hydroxyl groups excluding tert-OH is 1. The predicted molar refractivity (Wildman–Crippen MR) is 82.2 cm³/mol. The SMILES string of the molecule is C[C@@H](O)Cn1ncc2ccc(OCc3ccccc3)cc21. The lowest BCUT2D eigenvalue weighted by atomic mass is 10.2. The highest BCUT2D eigenvalue weighted by Gasteiger charge is 2.07. The van der Waals surface area contributed by atoms with Gasteiger partial charge in [0.05, 0.1) is 24.4 Å². The maximum Gasteiger partial charge on any atom is 0.121 e. The lowest BCUT2D eigenvalue weighted by molar-refractivity contribution is 0.170. The van der Waals surface area contributed by atoms with Crippen LogP contribution in [0.25, 0.3) is 10.9 Å². The minimum Gasteiger partial charge on any atom is -0.489 e. The van der Waals surface area contributed by atoms with Gasteiger partial charge in [-0.3, -0.25) is 4.68 Å². The van der Waals surface area contributed by atoms with Crippen LogP contribution in [0, 0.1) is 0 Å². The third-order valence-corrected chi connectivity index (χ3v) is 3.30. The molecule has 0 saturated carbocycles. The molecule has 1 atom stereocenters. The van der Waals surface area contributed by atoms with Gasteiger partial charge in [0, 0.05) is 11.5 Å². The van der Waals surface area contributed by atoms with E-state index in [1.54, 1.807) is 17.8 Å². The van der Waals surface area contributed by atoms with E-state index in [0.29, 0.717) is 13.2 Å². The summed E-state index contributed by atoms with van der Waals surface area (Å²) in [5.41, 5.74) is 2.11. The van der Waals surface area contributed by atoms with Gasteiger partial charge in [-0.25, -0.2) is 0 Å². The molecule has 4 nitrogen and oxygen atoms in total. The van der Waals surface area contributed by atoms with Crippen LogP contribution in [0.1, 0.15) is 12.5 Å². The molecule has 4 heteroatoms. The van der Waals surface area contributed by atoms with E-state index in [2.05, 4.69) is 5.10 Å². The third-order valence-electron chi connectivity index (χ3n) is 3.30. The normalized spacial score (nSPS) is 12.5. The molecule has 108 valence electrons. The molecule has 0 radical (unpaired) electrons. The number of aromatic nitrogens is 2. The molecule has 0 amide bonds. The highest BCUT2D eigenvalue weighted by atomic mass is 16.5. The molecule has 1 heterocycles. The van der Waals surface area contributed by atoms with Crippen molar-refractivity contribution in [1.82, 2.24) is 9.78 Å². The zero-order chi connectivity index (χ0) is 14.7. The van der Waals surface area contributed by atoms with Crippen molar-refractivity contribution >= 4 is 10.9 Å². The molecule has 0 spiro atoms. The standard InChI is InChI=1S/C17H18N2O2/c1-13(20)11-19-17-9-16(8-7-15(17)10-18-19)21-12-14-5-3-2-4-6-14/h2-10,13,20H,11-12H2,1H3/t13-/m1/s1. The summed E-state index contributed by atoms with van der Waals surface area (Å²) in [7, 11) is 0. The van der Waals surface area contributed by atoms with E-state index in [-0.39, 0.29) is 0 Å². The monoisotopic (exact) mass is 282 g/mol. The number of aliphatic hydroxyl groups is 1. The second kappa shape index (κ2) is 5.97. The van der Waals surface area contributed by atoms with Crippen LogP contribution in [0.15, 0.2) is 54.7 Å². The van der Waals surface area contributed by atoms with E-state index < -0.39 is 6.10 Å².